The molecule has 0 bridgehead atoms. The van der Waals surface area contributed by atoms with E-state index in [2.05, 4.69) is 51.4 Å². The predicted octanol–water partition coefficient (Wildman–Crippen LogP) is 0.852. The molecule has 0 spiro atoms. The van der Waals surface area contributed by atoms with Gasteiger partial charge in [0.05, 0.1) is 18.8 Å². The summed E-state index contributed by atoms with van der Waals surface area (Å²) in [7, 11) is 0. The normalized spacial score (nSPS) is 26.5. The van der Waals surface area contributed by atoms with Crippen LogP contribution in [0.3, 0.4) is 0 Å². The van der Waals surface area contributed by atoms with Gasteiger partial charge in [0.15, 0.2) is 6.10 Å². The van der Waals surface area contributed by atoms with Crippen LogP contribution in [-0.2, 0) is 16.1 Å². The van der Waals surface area contributed by atoms with E-state index in [1.807, 2.05) is 0 Å². The zero-order valence-corrected chi connectivity index (χ0v) is 16.4. The topological polar surface area (TPSA) is 65.0 Å². The minimum absolute atomic E-state index is 0.00679. The number of aliphatic hydroxyl groups is 1. The lowest BCUT2D eigenvalue weighted by molar-refractivity contribution is -0.158. The third kappa shape index (κ3) is 6.05. The molecule has 0 radical (unpaired) electrons. The van der Waals surface area contributed by atoms with Crippen molar-refractivity contribution in [2.24, 2.45) is 0 Å². The fraction of sp³-hybridized carbons (Fsp3) is 0.591. The van der Waals surface area contributed by atoms with Gasteiger partial charge >= 0.3 is 0 Å². The highest BCUT2D eigenvalue weighted by Crippen LogP contribution is 2.22. The minimum Gasteiger partial charge on any atom is -0.390 e. The first-order chi connectivity index (χ1) is 13.7. The Bertz CT molecular complexity index is 653. The highest BCUT2D eigenvalue weighted by Gasteiger charge is 2.35. The van der Waals surface area contributed by atoms with Crippen molar-refractivity contribution in [2.75, 3.05) is 39.3 Å². The van der Waals surface area contributed by atoms with Crippen LogP contribution in [0.4, 0.5) is 0 Å². The Balaban J connectivity index is 1.38. The second-order valence-electron chi connectivity index (χ2n) is 7.64. The zero-order chi connectivity index (χ0) is 19.8. The van der Waals surface area contributed by atoms with Crippen LogP contribution in [0, 0.1) is 12.3 Å². The molecule has 152 valence electrons. The average Bonchev–Trinajstić information content (AvgIpc) is 2.73. The molecule has 0 saturated carbocycles. The molecule has 2 saturated heterocycles. The van der Waals surface area contributed by atoms with Gasteiger partial charge in [-0.05, 0) is 24.8 Å². The van der Waals surface area contributed by atoms with Gasteiger partial charge in [-0.15, -0.1) is 6.42 Å². The summed E-state index contributed by atoms with van der Waals surface area (Å²) in [6, 6.07) is 10.6. The summed E-state index contributed by atoms with van der Waals surface area (Å²) in [5.41, 5.74) is 1.36. The Morgan fingerprint density at radius 1 is 1.18 bits per heavy atom. The lowest BCUT2D eigenvalue weighted by Crippen LogP contribution is -2.50. The van der Waals surface area contributed by atoms with Gasteiger partial charge in [0.2, 0.25) is 0 Å². The maximum absolute atomic E-state index is 12.1. The third-order valence-electron chi connectivity index (χ3n) is 5.58. The number of nitrogens with one attached hydrogen (secondary N) is 1. The molecule has 3 atom stereocenters. The zero-order valence-electron chi connectivity index (χ0n) is 16.4. The Morgan fingerprint density at radius 3 is 2.61 bits per heavy atom. The third-order valence-corrected chi connectivity index (χ3v) is 5.58. The summed E-state index contributed by atoms with van der Waals surface area (Å²) in [5.74, 6) is 2.06. The van der Waals surface area contributed by atoms with Crippen molar-refractivity contribution in [2.45, 2.75) is 44.1 Å². The number of rotatable bonds is 7. The molecule has 2 aliphatic heterocycles. The predicted molar refractivity (Wildman–Crippen MR) is 109 cm³/mol. The summed E-state index contributed by atoms with van der Waals surface area (Å²) >= 11 is 0. The lowest BCUT2D eigenvalue weighted by Gasteiger charge is -2.37. The number of hydrogen-bond acceptors (Lipinski definition) is 5. The van der Waals surface area contributed by atoms with Crippen LogP contribution in [0.15, 0.2) is 30.3 Å². The number of piperazine rings is 1. The molecular formula is C22H31N3O3. The fourth-order valence-corrected chi connectivity index (χ4v) is 3.90. The van der Waals surface area contributed by atoms with Crippen LogP contribution in [0.25, 0.3) is 0 Å². The van der Waals surface area contributed by atoms with Crippen LogP contribution >= 0.6 is 0 Å². The molecule has 6 nitrogen and oxygen atoms in total. The summed E-state index contributed by atoms with van der Waals surface area (Å²) in [4.78, 5) is 17.1. The highest BCUT2D eigenvalue weighted by molar-refractivity contribution is 5.81. The quantitative estimate of drug-likeness (QED) is 0.682. The fourth-order valence-electron chi connectivity index (χ4n) is 3.90. The number of terminal acetylenes is 1. The van der Waals surface area contributed by atoms with E-state index in [1.54, 1.807) is 0 Å². The van der Waals surface area contributed by atoms with E-state index in [-0.39, 0.29) is 18.6 Å². The summed E-state index contributed by atoms with van der Waals surface area (Å²) in [6.07, 6.45) is 5.87. The van der Waals surface area contributed by atoms with Crippen molar-refractivity contribution in [1.82, 2.24) is 15.1 Å². The number of benzene rings is 1. The summed E-state index contributed by atoms with van der Waals surface area (Å²) in [6.45, 7) is 6.35. The van der Waals surface area contributed by atoms with Gasteiger partial charge < -0.3 is 20.1 Å². The SMILES string of the molecule is C#CCNC(=O)C1OC(CCN2CCN(Cc3ccccc3)CC2)CCC1O. The Hall–Kier alpha value is -1.91. The second-order valence-corrected chi connectivity index (χ2v) is 7.64. The second kappa shape index (κ2) is 10.6. The average molecular weight is 386 g/mol. The molecule has 3 rings (SSSR count). The van der Waals surface area contributed by atoms with Crippen molar-refractivity contribution in [1.29, 1.82) is 0 Å². The van der Waals surface area contributed by atoms with Crippen LogP contribution < -0.4 is 5.32 Å². The minimum atomic E-state index is -0.810. The van der Waals surface area contributed by atoms with Crippen molar-refractivity contribution < 1.29 is 14.6 Å². The highest BCUT2D eigenvalue weighted by atomic mass is 16.5. The number of aliphatic hydroxyl groups excluding tert-OH is 1. The van der Waals surface area contributed by atoms with Crippen LogP contribution in [0.2, 0.25) is 0 Å². The molecule has 28 heavy (non-hydrogen) atoms. The molecule has 0 aromatic heterocycles. The van der Waals surface area contributed by atoms with E-state index >= 15 is 0 Å². The van der Waals surface area contributed by atoms with E-state index in [1.165, 1.54) is 5.56 Å². The van der Waals surface area contributed by atoms with Gasteiger partial charge in [-0.25, -0.2) is 0 Å². The molecule has 0 aliphatic carbocycles. The van der Waals surface area contributed by atoms with Gasteiger partial charge in [-0.3, -0.25) is 9.69 Å². The molecule has 2 N–H and O–H groups in total. The number of carbonyl (C=O) groups excluding carboxylic acids is 1. The Morgan fingerprint density at radius 2 is 1.89 bits per heavy atom. The molecule has 6 heteroatoms. The van der Waals surface area contributed by atoms with Gasteiger partial charge in [0, 0.05) is 39.3 Å². The first-order valence-electron chi connectivity index (χ1n) is 10.2. The largest absolute Gasteiger partial charge is 0.390 e. The van der Waals surface area contributed by atoms with Crippen molar-refractivity contribution in [3.8, 4) is 12.3 Å². The smallest absolute Gasteiger partial charge is 0.252 e. The number of ether oxygens (including phenoxy) is 1. The molecule has 3 unspecified atom stereocenters. The van der Waals surface area contributed by atoms with E-state index in [4.69, 9.17) is 11.2 Å². The van der Waals surface area contributed by atoms with Gasteiger partial charge in [0.1, 0.15) is 0 Å². The van der Waals surface area contributed by atoms with E-state index in [0.29, 0.717) is 6.42 Å². The molecular weight excluding hydrogens is 354 g/mol. The van der Waals surface area contributed by atoms with Gasteiger partial charge in [0.25, 0.3) is 5.91 Å². The van der Waals surface area contributed by atoms with Crippen molar-refractivity contribution >= 4 is 5.91 Å². The Kier molecular flexibility index (Phi) is 7.87. The van der Waals surface area contributed by atoms with Crippen molar-refractivity contribution in [3.05, 3.63) is 35.9 Å². The van der Waals surface area contributed by atoms with E-state index < -0.39 is 12.2 Å². The number of nitrogens with zero attached hydrogens (tertiary/aromatic N) is 2. The van der Waals surface area contributed by atoms with Gasteiger partial charge in [-0.2, -0.15) is 0 Å². The number of carbonyl (C=O) groups is 1. The molecule has 1 aromatic carbocycles. The molecule has 1 aromatic rings. The summed E-state index contributed by atoms with van der Waals surface area (Å²) in [5, 5.41) is 12.7. The van der Waals surface area contributed by atoms with Crippen molar-refractivity contribution in [3.63, 3.8) is 0 Å². The maximum atomic E-state index is 12.1. The first kappa shape index (κ1) is 20.8. The molecule has 2 heterocycles. The van der Waals surface area contributed by atoms with Crippen LogP contribution in [0.1, 0.15) is 24.8 Å². The Labute approximate surface area is 167 Å². The molecule has 1 amide bonds. The first-order valence-corrected chi connectivity index (χ1v) is 10.2. The summed E-state index contributed by atoms with van der Waals surface area (Å²) < 4.78 is 5.88. The van der Waals surface area contributed by atoms with E-state index in [0.717, 1.165) is 52.1 Å². The molecule has 2 fully saturated rings. The number of amides is 1. The van der Waals surface area contributed by atoms with Gasteiger partial charge in [-0.1, -0.05) is 36.3 Å². The molecule has 2 aliphatic rings. The van der Waals surface area contributed by atoms with Crippen LogP contribution in [-0.4, -0.2) is 78.4 Å². The standard InChI is InChI=1S/C22H31N3O3/c1-2-11-23-22(27)21-20(26)9-8-19(28-21)10-12-24-13-15-25(16-14-24)17-18-6-4-3-5-7-18/h1,3-7,19-21,26H,8-17H2,(H,23,27). The lowest BCUT2D eigenvalue weighted by atomic mass is 9.98. The number of hydrogen-bond donors (Lipinski definition) is 2. The van der Waals surface area contributed by atoms with E-state index in [9.17, 15) is 9.90 Å². The maximum Gasteiger partial charge on any atom is 0.252 e. The van der Waals surface area contributed by atoms with Crippen LogP contribution in [0.5, 0.6) is 0 Å². The monoisotopic (exact) mass is 385 g/mol.